The van der Waals surface area contributed by atoms with Gasteiger partial charge in [0.25, 0.3) is 12.6 Å². The normalized spacial score (nSPS) is 23.2. The largest absolute Gasteiger partial charge is 0.453 e. The van der Waals surface area contributed by atoms with Crippen LogP contribution in [0.2, 0.25) is 0 Å². The van der Waals surface area contributed by atoms with Gasteiger partial charge in [0.15, 0.2) is 0 Å². The summed E-state index contributed by atoms with van der Waals surface area (Å²) in [5.41, 5.74) is 9.08. The summed E-state index contributed by atoms with van der Waals surface area (Å²) in [5, 5.41) is 2.62. The molecule has 0 bridgehead atoms. The van der Waals surface area contributed by atoms with Crippen molar-refractivity contribution in [2.45, 2.75) is 20.1 Å². The topological polar surface area (TPSA) is 29.5 Å². The summed E-state index contributed by atoms with van der Waals surface area (Å²) < 4.78 is 10.5. The maximum Gasteiger partial charge on any atom is 0.294 e. The molecule has 0 amide bonds. The van der Waals surface area contributed by atoms with Gasteiger partial charge in [-0.15, -0.1) is 0 Å². The van der Waals surface area contributed by atoms with Crippen LogP contribution in [0.25, 0.3) is 27.5 Å². The molecule has 4 heteroatoms. The monoisotopic (exact) mass is 328 g/mol. The number of nitrogens with zero attached hydrogens (tertiary/aromatic N) is 3. The summed E-state index contributed by atoms with van der Waals surface area (Å²) in [5.74, 6) is 0.155. The molecule has 0 saturated carbocycles. The van der Waals surface area contributed by atoms with Crippen molar-refractivity contribution in [2.75, 3.05) is 7.05 Å². The Morgan fingerprint density at radius 2 is 2.00 bits per heavy atom. The Morgan fingerprint density at radius 3 is 2.88 bits per heavy atom. The van der Waals surface area contributed by atoms with Crippen molar-refractivity contribution in [1.82, 2.24) is 4.57 Å². The van der Waals surface area contributed by atoms with Gasteiger partial charge in [-0.05, 0) is 42.1 Å². The second-order valence-corrected chi connectivity index (χ2v) is 7.25. The first-order chi connectivity index (χ1) is 12.2. The van der Waals surface area contributed by atoms with Gasteiger partial charge in [-0.3, -0.25) is 0 Å². The first-order valence-electron chi connectivity index (χ1n) is 8.69. The molecule has 3 aliphatic rings. The van der Waals surface area contributed by atoms with E-state index in [9.17, 15) is 0 Å². The van der Waals surface area contributed by atoms with Crippen molar-refractivity contribution < 1.29 is 9.31 Å². The molecule has 0 spiro atoms. The fourth-order valence-corrected chi connectivity index (χ4v) is 4.74. The lowest BCUT2D eigenvalue weighted by Crippen LogP contribution is -2.40. The highest BCUT2D eigenvalue weighted by molar-refractivity contribution is 6.24. The summed E-state index contributed by atoms with van der Waals surface area (Å²) in [6.45, 7) is 4.45. The molecule has 4 nitrogen and oxygen atoms in total. The number of benzene rings is 2. The second-order valence-electron chi connectivity index (χ2n) is 7.25. The number of hydrogen-bond acceptors (Lipinski definition) is 2. The second kappa shape index (κ2) is 4.20. The Hall–Kier alpha value is -2.88. The molecule has 2 atom stereocenters. The Balaban J connectivity index is 1.95. The number of fused-ring (bicyclic) bond motifs is 5. The average molecular weight is 328 g/mol. The standard InChI is InChI=1S/C21H18N3O/c1-11-8-14-13-6-4-5-7-15(13)24-16-9-25-21-18(16)20(23(3)10-22-21)17(12(11)2)19(14)24/h4-10,18,21H,1-3H3/q+1. The highest BCUT2D eigenvalue weighted by Gasteiger charge is 2.49. The van der Waals surface area contributed by atoms with E-state index in [0.717, 1.165) is 0 Å². The zero-order valence-electron chi connectivity index (χ0n) is 14.4. The summed E-state index contributed by atoms with van der Waals surface area (Å²) in [6, 6.07) is 11.0. The minimum Gasteiger partial charge on any atom is -0.453 e. The Kier molecular flexibility index (Phi) is 2.25. The van der Waals surface area contributed by atoms with Crippen LogP contribution in [-0.4, -0.2) is 34.5 Å². The lowest BCUT2D eigenvalue weighted by molar-refractivity contribution is -0.366. The molecule has 3 aromatic rings. The highest BCUT2D eigenvalue weighted by Crippen LogP contribution is 2.47. The molecule has 1 aromatic heterocycles. The van der Waals surface area contributed by atoms with Crippen LogP contribution < -0.4 is 0 Å². The summed E-state index contributed by atoms with van der Waals surface area (Å²) >= 11 is 0. The van der Waals surface area contributed by atoms with Crippen LogP contribution >= 0.6 is 0 Å². The SMILES string of the molecule is Cc1cc2c3ccccc3n3c2c(c1C)C1=[N+](C)C=NC2OC=C3C12. The van der Waals surface area contributed by atoms with Crippen LogP contribution in [0.4, 0.5) is 0 Å². The Morgan fingerprint density at radius 1 is 1.16 bits per heavy atom. The quantitative estimate of drug-likeness (QED) is 0.579. The highest BCUT2D eigenvalue weighted by atomic mass is 16.5. The van der Waals surface area contributed by atoms with Crippen molar-refractivity contribution in [3.63, 3.8) is 0 Å². The van der Waals surface area contributed by atoms with E-state index in [-0.39, 0.29) is 12.1 Å². The van der Waals surface area contributed by atoms with Crippen molar-refractivity contribution in [1.29, 1.82) is 0 Å². The molecule has 6 rings (SSSR count). The van der Waals surface area contributed by atoms with E-state index >= 15 is 0 Å². The molecule has 0 fully saturated rings. The van der Waals surface area contributed by atoms with Gasteiger partial charge in [-0.25, -0.2) is 4.58 Å². The number of ether oxygens (including phenoxy) is 1. The van der Waals surface area contributed by atoms with Gasteiger partial charge in [-0.1, -0.05) is 18.2 Å². The zero-order valence-corrected chi connectivity index (χ0v) is 14.4. The molecule has 0 saturated heterocycles. The molecule has 4 heterocycles. The molecular formula is C21H18N3O+. The van der Waals surface area contributed by atoms with Crippen molar-refractivity contribution in [3.8, 4) is 0 Å². The van der Waals surface area contributed by atoms with Crippen LogP contribution in [0.1, 0.15) is 16.7 Å². The van der Waals surface area contributed by atoms with E-state index in [4.69, 9.17) is 4.74 Å². The van der Waals surface area contributed by atoms with E-state index in [1.54, 1.807) is 0 Å². The molecule has 0 aliphatic carbocycles. The molecule has 2 aromatic carbocycles. The molecule has 3 aliphatic heterocycles. The van der Waals surface area contributed by atoms with Crippen molar-refractivity contribution in [2.24, 2.45) is 10.9 Å². The number of hydrogen-bond donors (Lipinski definition) is 0. The maximum atomic E-state index is 5.94. The number of aromatic nitrogens is 1. The van der Waals surface area contributed by atoms with Crippen molar-refractivity contribution >= 4 is 39.6 Å². The number of aryl methyl sites for hydroxylation is 1. The van der Waals surface area contributed by atoms with Gasteiger partial charge < -0.3 is 9.30 Å². The van der Waals surface area contributed by atoms with Gasteiger partial charge in [-0.2, -0.15) is 0 Å². The van der Waals surface area contributed by atoms with Crippen molar-refractivity contribution in [3.05, 3.63) is 53.3 Å². The molecule has 25 heavy (non-hydrogen) atoms. The minimum absolute atomic E-state index is 0.148. The number of rotatable bonds is 0. The predicted molar refractivity (Wildman–Crippen MR) is 100 cm³/mol. The van der Waals surface area contributed by atoms with E-state index in [2.05, 4.69) is 65.4 Å². The minimum atomic E-state index is -0.148. The molecule has 2 unspecified atom stereocenters. The first kappa shape index (κ1) is 13.4. The lowest BCUT2D eigenvalue weighted by atomic mass is 9.84. The van der Waals surface area contributed by atoms with Crippen LogP contribution in [0.15, 0.2) is 41.6 Å². The van der Waals surface area contributed by atoms with E-state index in [1.807, 2.05) is 12.6 Å². The third-order valence-electron chi connectivity index (χ3n) is 5.99. The van der Waals surface area contributed by atoms with Crippen LogP contribution in [0.3, 0.4) is 0 Å². The smallest absolute Gasteiger partial charge is 0.294 e. The van der Waals surface area contributed by atoms with Gasteiger partial charge in [0.05, 0.1) is 23.8 Å². The van der Waals surface area contributed by atoms with Crippen LogP contribution in [0, 0.1) is 19.8 Å². The summed E-state index contributed by atoms with van der Waals surface area (Å²) in [6.07, 6.45) is 3.67. The molecule has 122 valence electrons. The molecule has 0 radical (unpaired) electrons. The predicted octanol–water partition coefficient (Wildman–Crippen LogP) is 3.67. The third-order valence-corrected chi connectivity index (χ3v) is 5.99. The maximum absolute atomic E-state index is 5.94. The molecular weight excluding hydrogens is 310 g/mol. The number of aliphatic imine (C=N–C) groups is 1. The van der Waals surface area contributed by atoms with Crippen LogP contribution in [0.5, 0.6) is 0 Å². The van der Waals surface area contributed by atoms with Gasteiger partial charge in [0, 0.05) is 16.3 Å². The fraction of sp³-hybridized carbons (Fsp3) is 0.238. The zero-order chi connectivity index (χ0) is 16.9. The van der Waals surface area contributed by atoms with Gasteiger partial charge >= 0.3 is 0 Å². The molecule has 0 N–H and O–H groups in total. The Bertz CT molecular complexity index is 1210. The Labute approximate surface area is 145 Å². The fourth-order valence-electron chi connectivity index (χ4n) is 4.74. The summed E-state index contributed by atoms with van der Waals surface area (Å²) in [4.78, 5) is 4.60. The lowest BCUT2D eigenvalue weighted by Gasteiger charge is -2.28. The first-order valence-corrected chi connectivity index (χ1v) is 8.69. The van der Waals surface area contributed by atoms with E-state index < -0.39 is 0 Å². The average Bonchev–Trinajstić information content (AvgIpc) is 3.18. The van der Waals surface area contributed by atoms with E-state index in [1.165, 1.54) is 49.9 Å². The van der Waals surface area contributed by atoms with Gasteiger partial charge in [0.1, 0.15) is 17.9 Å². The van der Waals surface area contributed by atoms with Crippen LogP contribution in [-0.2, 0) is 4.74 Å². The summed E-state index contributed by atoms with van der Waals surface area (Å²) in [7, 11) is 2.09. The third kappa shape index (κ3) is 1.41. The van der Waals surface area contributed by atoms with Gasteiger partial charge in [0.2, 0.25) is 0 Å². The number of para-hydroxylation sites is 1. The van der Waals surface area contributed by atoms with E-state index in [0.29, 0.717) is 0 Å².